The lowest BCUT2D eigenvalue weighted by Gasteiger charge is -2.34. The number of fused-ring (bicyclic) bond motifs is 2. The molecular formula is C11H20N2S. The van der Waals surface area contributed by atoms with E-state index >= 15 is 0 Å². The number of hydrogen-bond donors (Lipinski definition) is 2. The van der Waals surface area contributed by atoms with Crippen molar-refractivity contribution >= 4 is 16.9 Å². The highest BCUT2D eigenvalue weighted by Crippen LogP contribution is 2.67. The molecule has 2 aliphatic rings. The molecule has 0 aromatic rings. The van der Waals surface area contributed by atoms with Crippen LogP contribution in [0.4, 0.5) is 0 Å². The lowest BCUT2D eigenvalue weighted by molar-refractivity contribution is 0.152. The quantitative estimate of drug-likeness (QED) is 0.518. The van der Waals surface area contributed by atoms with Crippen molar-refractivity contribution in [3.8, 4) is 0 Å². The zero-order valence-corrected chi connectivity index (χ0v) is 10.1. The highest BCUT2D eigenvalue weighted by Gasteiger charge is 2.60. The van der Waals surface area contributed by atoms with E-state index in [1.807, 2.05) is 0 Å². The zero-order valence-electron chi connectivity index (χ0n) is 9.26. The maximum absolute atomic E-state index is 7.37. The molecule has 0 aromatic carbocycles. The van der Waals surface area contributed by atoms with Gasteiger partial charge in [0.05, 0.1) is 0 Å². The molecule has 3 atom stereocenters. The van der Waals surface area contributed by atoms with Crippen LogP contribution in [0.2, 0.25) is 0 Å². The lowest BCUT2D eigenvalue weighted by atomic mass is 9.71. The SMILES string of the molecule is CC12CCC(C(SC(=N)N)C1)C2(C)C. The van der Waals surface area contributed by atoms with Crippen molar-refractivity contribution in [2.75, 3.05) is 0 Å². The standard InChI is InChI=1S/C11H20N2S/c1-10(2)7-4-5-11(10,3)6-8(7)14-9(12)13/h7-8H,4-6H2,1-3H3,(H3,12,13). The number of nitrogens with two attached hydrogens (primary N) is 1. The molecule has 0 aromatic heterocycles. The first-order chi connectivity index (χ1) is 6.37. The lowest BCUT2D eigenvalue weighted by Crippen LogP contribution is -2.26. The molecule has 80 valence electrons. The van der Waals surface area contributed by atoms with Crippen LogP contribution in [0.25, 0.3) is 0 Å². The Labute approximate surface area is 90.5 Å². The average molecular weight is 212 g/mol. The minimum absolute atomic E-state index is 0.293. The number of nitrogens with one attached hydrogen (secondary N) is 1. The summed E-state index contributed by atoms with van der Waals surface area (Å²) in [5.41, 5.74) is 6.42. The maximum atomic E-state index is 7.37. The third-order valence-electron chi connectivity index (χ3n) is 4.87. The van der Waals surface area contributed by atoms with Gasteiger partial charge in [0, 0.05) is 5.25 Å². The molecule has 2 fully saturated rings. The van der Waals surface area contributed by atoms with E-state index in [-0.39, 0.29) is 0 Å². The second kappa shape index (κ2) is 2.91. The molecular weight excluding hydrogens is 192 g/mol. The van der Waals surface area contributed by atoms with Crippen LogP contribution in [0.5, 0.6) is 0 Å². The Kier molecular flexibility index (Phi) is 2.15. The van der Waals surface area contributed by atoms with Crippen molar-refractivity contribution in [1.82, 2.24) is 0 Å². The Morgan fingerprint density at radius 1 is 1.43 bits per heavy atom. The fraction of sp³-hybridized carbons (Fsp3) is 0.909. The van der Waals surface area contributed by atoms with Gasteiger partial charge in [-0.3, -0.25) is 5.41 Å². The summed E-state index contributed by atoms with van der Waals surface area (Å²) in [4.78, 5) is 0. The molecule has 0 aliphatic heterocycles. The monoisotopic (exact) mass is 212 g/mol. The van der Waals surface area contributed by atoms with E-state index < -0.39 is 0 Å². The fourth-order valence-electron chi connectivity index (χ4n) is 3.49. The van der Waals surface area contributed by atoms with E-state index in [2.05, 4.69) is 20.8 Å². The zero-order chi connectivity index (χ0) is 10.6. The molecule has 3 N–H and O–H groups in total. The Morgan fingerprint density at radius 2 is 2.07 bits per heavy atom. The Hall–Kier alpha value is -0.180. The molecule has 2 aliphatic carbocycles. The molecule has 0 radical (unpaired) electrons. The number of hydrogen-bond acceptors (Lipinski definition) is 2. The van der Waals surface area contributed by atoms with Gasteiger partial charge in [-0.1, -0.05) is 32.5 Å². The molecule has 14 heavy (non-hydrogen) atoms. The predicted octanol–water partition coefficient (Wildman–Crippen LogP) is 2.83. The van der Waals surface area contributed by atoms with Gasteiger partial charge in [0.2, 0.25) is 0 Å². The molecule has 2 rings (SSSR count). The molecule has 2 nitrogen and oxygen atoms in total. The Balaban J connectivity index is 2.19. The molecule has 2 bridgehead atoms. The third kappa shape index (κ3) is 1.21. The average Bonchev–Trinajstić information content (AvgIpc) is 2.31. The van der Waals surface area contributed by atoms with Gasteiger partial charge in [0.25, 0.3) is 0 Å². The van der Waals surface area contributed by atoms with Gasteiger partial charge in [-0.25, -0.2) is 0 Å². The first-order valence-corrected chi connectivity index (χ1v) is 6.25. The van der Waals surface area contributed by atoms with Crippen molar-refractivity contribution in [2.45, 2.75) is 45.3 Å². The van der Waals surface area contributed by atoms with Gasteiger partial charge in [0.1, 0.15) is 0 Å². The Morgan fingerprint density at radius 3 is 2.43 bits per heavy atom. The van der Waals surface area contributed by atoms with Crippen LogP contribution in [-0.4, -0.2) is 10.4 Å². The van der Waals surface area contributed by atoms with Crippen LogP contribution < -0.4 is 5.73 Å². The van der Waals surface area contributed by atoms with Crippen molar-refractivity contribution in [3.05, 3.63) is 0 Å². The second-order valence-electron chi connectivity index (χ2n) is 5.65. The number of amidine groups is 1. The number of rotatable bonds is 1. The van der Waals surface area contributed by atoms with Gasteiger partial charge in [-0.15, -0.1) is 0 Å². The van der Waals surface area contributed by atoms with E-state index in [4.69, 9.17) is 11.1 Å². The normalized spacial score (nSPS) is 44.2. The minimum atomic E-state index is 0.293. The highest BCUT2D eigenvalue weighted by molar-refractivity contribution is 8.14. The molecule has 3 heteroatoms. The van der Waals surface area contributed by atoms with Crippen LogP contribution in [-0.2, 0) is 0 Å². The van der Waals surface area contributed by atoms with Gasteiger partial charge in [-0.05, 0) is 36.0 Å². The van der Waals surface area contributed by atoms with Crippen LogP contribution in [0.3, 0.4) is 0 Å². The Bertz CT molecular complexity index is 272. The van der Waals surface area contributed by atoms with E-state index in [9.17, 15) is 0 Å². The van der Waals surface area contributed by atoms with Gasteiger partial charge in [-0.2, -0.15) is 0 Å². The number of thioether (sulfide) groups is 1. The van der Waals surface area contributed by atoms with Crippen molar-refractivity contribution in [1.29, 1.82) is 5.41 Å². The molecule has 2 saturated carbocycles. The predicted molar refractivity (Wildman–Crippen MR) is 62.5 cm³/mol. The van der Waals surface area contributed by atoms with E-state index in [1.54, 1.807) is 11.8 Å². The summed E-state index contributed by atoms with van der Waals surface area (Å²) in [5.74, 6) is 0.765. The fourth-order valence-corrected chi connectivity index (χ4v) is 4.91. The largest absolute Gasteiger partial charge is 0.379 e. The first kappa shape index (κ1) is 10.3. The van der Waals surface area contributed by atoms with E-state index in [1.165, 1.54) is 19.3 Å². The van der Waals surface area contributed by atoms with E-state index in [0.717, 1.165) is 5.92 Å². The topological polar surface area (TPSA) is 49.9 Å². The molecule has 3 unspecified atom stereocenters. The van der Waals surface area contributed by atoms with Crippen molar-refractivity contribution < 1.29 is 0 Å². The summed E-state index contributed by atoms with van der Waals surface area (Å²) in [6.07, 6.45) is 3.93. The molecule has 0 spiro atoms. The summed E-state index contributed by atoms with van der Waals surface area (Å²) in [6.45, 7) is 7.20. The summed E-state index contributed by atoms with van der Waals surface area (Å²) < 4.78 is 0. The highest BCUT2D eigenvalue weighted by atomic mass is 32.2. The first-order valence-electron chi connectivity index (χ1n) is 5.37. The summed E-state index contributed by atoms with van der Waals surface area (Å²) >= 11 is 1.59. The summed E-state index contributed by atoms with van der Waals surface area (Å²) in [7, 11) is 0. The minimum Gasteiger partial charge on any atom is -0.379 e. The van der Waals surface area contributed by atoms with Crippen LogP contribution in [0.15, 0.2) is 0 Å². The second-order valence-corrected chi connectivity index (χ2v) is 6.93. The van der Waals surface area contributed by atoms with Crippen LogP contribution in [0.1, 0.15) is 40.0 Å². The van der Waals surface area contributed by atoms with E-state index in [0.29, 0.717) is 21.2 Å². The van der Waals surface area contributed by atoms with Crippen molar-refractivity contribution in [3.63, 3.8) is 0 Å². The third-order valence-corrected chi connectivity index (χ3v) is 5.92. The van der Waals surface area contributed by atoms with Gasteiger partial charge >= 0.3 is 0 Å². The van der Waals surface area contributed by atoms with Crippen molar-refractivity contribution in [2.24, 2.45) is 22.5 Å². The van der Waals surface area contributed by atoms with Gasteiger partial charge in [0.15, 0.2) is 5.17 Å². The molecule has 0 heterocycles. The molecule has 0 amide bonds. The maximum Gasteiger partial charge on any atom is 0.151 e. The van der Waals surface area contributed by atoms with Crippen LogP contribution in [0, 0.1) is 22.2 Å². The van der Waals surface area contributed by atoms with Gasteiger partial charge < -0.3 is 5.73 Å². The summed E-state index contributed by atoms with van der Waals surface area (Å²) in [6, 6.07) is 0. The smallest absolute Gasteiger partial charge is 0.151 e. The molecule has 0 saturated heterocycles. The summed E-state index contributed by atoms with van der Waals surface area (Å²) in [5, 5.41) is 8.26. The van der Waals surface area contributed by atoms with Crippen LogP contribution >= 0.6 is 11.8 Å².